The van der Waals surface area contributed by atoms with Gasteiger partial charge in [0.05, 0.1) is 12.7 Å². The van der Waals surface area contributed by atoms with E-state index < -0.39 is 0 Å². The second-order valence-corrected chi connectivity index (χ2v) is 17.1. The minimum absolute atomic E-state index is 0.0877. The highest BCUT2D eigenvalue weighted by atomic mass is 16.5. The minimum Gasteiger partial charge on any atom is -0.465 e. The second kappa shape index (κ2) is 9.09. The van der Waals surface area contributed by atoms with E-state index in [0.717, 1.165) is 18.3 Å². The predicted molar refractivity (Wildman–Crippen MR) is 170 cm³/mol. The van der Waals surface area contributed by atoms with Crippen LogP contribution in [0.25, 0.3) is 5.57 Å². The molecule has 0 radical (unpaired) electrons. The Morgan fingerprint density at radius 2 is 1.46 bits per heavy atom. The number of carbonyl (C=O) groups excluding carboxylic acids is 1. The molecule has 0 saturated heterocycles. The summed E-state index contributed by atoms with van der Waals surface area (Å²) in [5, 5.41) is 0. The number of carbonyl (C=O) groups is 1. The molecule has 2 nitrogen and oxygen atoms in total. The summed E-state index contributed by atoms with van der Waals surface area (Å²) in [4.78, 5) is 12.1. The van der Waals surface area contributed by atoms with Gasteiger partial charge >= 0.3 is 5.97 Å². The van der Waals surface area contributed by atoms with Gasteiger partial charge in [-0.2, -0.15) is 0 Å². The van der Waals surface area contributed by atoms with Crippen LogP contribution in [-0.4, -0.2) is 13.1 Å². The van der Waals surface area contributed by atoms with Gasteiger partial charge in [0.25, 0.3) is 0 Å². The van der Waals surface area contributed by atoms with Gasteiger partial charge in [-0.25, -0.2) is 4.79 Å². The van der Waals surface area contributed by atoms with Gasteiger partial charge in [-0.15, -0.1) is 0 Å². The number of hydrogen-bond donors (Lipinski definition) is 0. The van der Waals surface area contributed by atoms with Crippen molar-refractivity contribution in [3.05, 3.63) is 53.6 Å². The third kappa shape index (κ3) is 3.64. The largest absolute Gasteiger partial charge is 0.465 e. The fraction of sp³-hybridized carbons (Fsp3) is 0.718. The molecule has 4 saturated carbocycles. The van der Waals surface area contributed by atoms with Crippen LogP contribution in [0.1, 0.15) is 129 Å². The summed E-state index contributed by atoms with van der Waals surface area (Å²) in [6.45, 7) is 25.5. The van der Waals surface area contributed by atoms with Gasteiger partial charge in [-0.1, -0.05) is 78.8 Å². The zero-order chi connectivity index (χ0) is 29.8. The molecule has 9 atom stereocenters. The van der Waals surface area contributed by atoms with E-state index in [9.17, 15) is 4.79 Å². The smallest absolute Gasteiger partial charge is 0.337 e. The molecule has 5 aliphatic rings. The Balaban J connectivity index is 1.37. The molecule has 1 aromatic carbocycles. The maximum absolute atomic E-state index is 12.1. The van der Waals surface area contributed by atoms with Crippen LogP contribution in [0, 0.1) is 56.2 Å². The molecule has 4 fully saturated rings. The summed E-state index contributed by atoms with van der Waals surface area (Å²) in [6.07, 6.45) is 14.7. The van der Waals surface area contributed by atoms with Crippen molar-refractivity contribution in [2.24, 2.45) is 56.2 Å². The van der Waals surface area contributed by atoms with Crippen LogP contribution >= 0.6 is 0 Å². The maximum Gasteiger partial charge on any atom is 0.337 e. The molecule has 5 aliphatic carbocycles. The molecule has 41 heavy (non-hydrogen) atoms. The van der Waals surface area contributed by atoms with E-state index in [4.69, 9.17) is 4.74 Å². The lowest BCUT2D eigenvalue weighted by Crippen LogP contribution is -2.68. The number of ether oxygens (including phenoxy) is 1. The number of methoxy groups -OCH3 is 1. The Labute approximate surface area is 250 Å². The predicted octanol–water partition coefficient (Wildman–Crippen LogP) is 10.5. The summed E-state index contributed by atoms with van der Waals surface area (Å²) in [6, 6.07) is 8.15. The zero-order valence-electron chi connectivity index (χ0n) is 27.6. The van der Waals surface area contributed by atoms with E-state index in [0.29, 0.717) is 44.5 Å². The zero-order valence-corrected chi connectivity index (χ0v) is 27.6. The van der Waals surface area contributed by atoms with Crippen molar-refractivity contribution in [3.8, 4) is 0 Å². The highest BCUT2D eigenvalue weighted by molar-refractivity contribution is 5.89. The molecule has 0 amide bonds. The minimum atomic E-state index is -0.263. The Morgan fingerprint density at radius 3 is 2.10 bits per heavy atom. The lowest BCUT2D eigenvalue weighted by Gasteiger charge is -2.75. The average molecular weight is 557 g/mol. The van der Waals surface area contributed by atoms with Crippen LogP contribution < -0.4 is 0 Å². The Kier molecular flexibility index (Phi) is 6.48. The summed E-state index contributed by atoms with van der Waals surface area (Å²) < 4.78 is 4.95. The van der Waals surface area contributed by atoms with Gasteiger partial charge in [0.2, 0.25) is 0 Å². The average Bonchev–Trinajstić information content (AvgIpc) is 3.28. The Morgan fingerprint density at radius 1 is 0.829 bits per heavy atom. The molecule has 0 bridgehead atoms. The number of allylic oxidation sites excluding steroid dienone is 3. The molecule has 0 N–H and O–H groups in total. The van der Waals surface area contributed by atoms with Crippen molar-refractivity contribution >= 4 is 11.5 Å². The van der Waals surface area contributed by atoms with Crippen LogP contribution in [0.15, 0.2) is 42.5 Å². The lowest BCUT2D eigenvalue weighted by atomic mass is 9.29. The number of esters is 1. The fourth-order valence-corrected chi connectivity index (χ4v) is 13.2. The van der Waals surface area contributed by atoms with E-state index in [-0.39, 0.29) is 11.4 Å². The highest BCUT2D eigenvalue weighted by Crippen LogP contribution is 2.81. The van der Waals surface area contributed by atoms with Gasteiger partial charge in [-0.05, 0) is 144 Å². The van der Waals surface area contributed by atoms with Gasteiger partial charge in [0, 0.05) is 0 Å². The normalized spacial score (nSPS) is 46.3. The molecule has 224 valence electrons. The number of benzene rings is 1. The first kappa shape index (κ1) is 29.3. The topological polar surface area (TPSA) is 26.3 Å². The third-order valence-electron chi connectivity index (χ3n) is 15.4. The van der Waals surface area contributed by atoms with Crippen molar-refractivity contribution < 1.29 is 9.53 Å². The van der Waals surface area contributed by atoms with Gasteiger partial charge < -0.3 is 4.74 Å². The molecular formula is C39H56O2. The Bertz CT molecular complexity index is 1280. The summed E-state index contributed by atoms with van der Waals surface area (Å²) in [5.41, 5.74) is 6.77. The molecule has 0 aromatic heterocycles. The van der Waals surface area contributed by atoms with Crippen molar-refractivity contribution in [1.82, 2.24) is 0 Å². The molecule has 1 unspecified atom stereocenters. The van der Waals surface area contributed by atoms with E-state index in [1.807, 2.05) is 12.1 Å². The molecule has 0 heterocycles. The number of fused-ring (bicyclic) bond motifs is 7. The monoisotopic (exact) mass is 556 g/mol. The van der Waals surface area contributed by atoms with Gasteiger partial charge in [0.1, 0.15) is 0 Å². The van der Waals surface area contributed by atoms with Crippen molar-refractivity contribution in [1.29, 1.82) is 0 Å². The number of hydrogen-bond acceptors (Lipinski definition) is 2. The van der Waals surface area contributed by atoms with Crippen molar-refractivity contribution in [2.75, 3.05) is 7.11 Å². The number of rotatable bonds is 3. The van der Waals surface area contributed by atoms with Crippen LogP contribution in [0.5, 0.6) is 0 Å². The molecule has 0 spiro atoms. The van der Waals surface area contributed by atoms with E-state index in [1.54, 1.807) is 0 Å². The summed E-state index contributed by atoms with van der Waals surface area (Å²) in [7, 11) is 1.45. The van der Waals surface area contributed by atoms with E-state index in [1.165, 1.54) is 75.2 Å². The van der Waals surface area contributed by atoms with Crippen molar-refractivity contribution in [3.63, 3.8) is 0 Å². The molecule has 2 heteroatoms. The fourth-order valence-electron chi connectivity index (χ4n) is 13.2. The van der Waals surface area contributed by atoms with Crippen LogP contribution in [0.4, 0.5) is 0 Å². The standard InChI is InChI=1S/C39H56O2/c1-25(2)28-15-19-35(5)23-24-39(9)37(7)21-17-30-34(3,4)29(26-11-13-27(14-12-26)33(40)41-10)16-20-36(30,6)31(37)18-22-38(39,8)32(28)35/h11-14,16,28,30-32H,1,15,17-24H2,2-10H3/t28-,30-,31+,32-,35?,36-,37+,38+,39-/m0/s1. The van der Waals surface area contributed by atoms with E-state index in [2.05, 4.69) is 80.2 Å². The first-order valence-corrected chi connectivity index (χ1v) is 16.6. The molecule has 6 rings (SSSR count). The first-order valence-electron chi connectivity index (χ1n) is 16.6. The quantitative estimate of drug-likeness (QED) is 0.273. The SMILES string of the molecule is C=C(C)[C@@H]1CCC2(C)CC[C@@]3(C)[C@]4(C)CC[C@H]5C(C)(C)C(c6ccc(C(=O)OC)cc6)=CC[C@]5(C)[C@H]4CC[C@]3(C)[C@@H]12. The summed E-state index contributed by atoms with van der Waals surface area (Å²) >= 11 is 0. The second-order valence-electron chi connectivity index (χ2n) is 17.1. The lowest BCUT2D eigenvalue weighted by molar-refractivity contribution is -0.261. The molecule has 1 aromatic rings. The van der Waals surface area contributed by atoms with Crippen molar-refractivity contribution in [2.45, 2.75) is 113 Å². The highest BCUT2D eigenvalue weighted by Gasteiger charge is 2.73. The van der Waals surface area contributed by atoms with Gasteiger partial charge in [0.15, 0.2) is 0 Å². The van der Waals surface area contributed by atoms with Crippen LogP contribution in [0.2, 0.25) is 0 Å². The Hall–Kier alpha value is -1.83. The molecular weight excluding hydrogens is 500 g/mol. The first-order chi connectivity index (χ1) is 19.1. The van der Waals surface area contributed by atoms with Crippen LogP contribution in [0.3, 0.4) is 0 Å². The van der Waals surface area contributed by atoms with Crippen LogP contribution in [-0.2, 0) is 4.74 Å². The maximum atomic E-state index is 12.1. The van der Waals surface area contributed by atoms with Gasteiger partial charge in [-0.3, -0.25) is 0 Å². The molecule has 0 aliphatic heterocycles. The third-order valence-corrected chi connectivity index (χ3v) is 15.4. The van der Waals surface area contributed by atoms with E-state index >= 15 is 0 Å². The summed E-state index contributed by atoms with van der Waals surface area (Å²) in [5.74, 6) is 2.61.